The number of barbiturate groups is 1. The smallest absolute Gasteiger partial charge is 0.331 e. The Morgan fingerprint density at radius 1 is 0.865 bits per heavy atom. The number of urea groups is 1. The van der Waals surface area contributed by atoms with E-state index in [0.29, 0.717) is 30.4 Å². The van der Waals surface area contributed by atoms with Gasteiger partial charge in [0.25, 0.3) is 11.8 Å². The van der Waals surface area contributed by atoms with Gasteiger partial charge in [0.15, 0.2) is 0 Å². The highest BCUT2D eigenvalue weighted by Crippen LogP contribution is 2.28. The summed E-state index contributed by atoms with van der Waals surface area (Å²) in [4.78, 5) is 38.6. The van der Waals surface area contributed by atoms with Crippen LogP contribution < -0.4 is 14.8 Å². The number of imide groups is 2. The van der Waals surface area contributed by atoms with Gasteiger partial charge in [0.2, 0.25) is 0 Å². The summed E-state index contributed by atoms with van der Waals surface area (Å²) in [7, 11) is 0. The molecule has 4 amide bonds. The standard InChI is InChI=1S/C30H30N2O5/c1-3-21(2)25-11-7-8-12-27(25)37-18-17-36-24-15-13-22(14-16-24)19-26-28(33)31-30(35)32(29(26)34)20-23-9-5-4-6-10-23/h4-16,19,21H,3,17-18,20H2,1-2H3,(H,31,33,35)/b26-19+. The molecule has 0 aliphatic carbocycles. The minimum atomic E-state index is -0.728. The van der Waals surface area contributed by atoms with Crippen molar-refractivity contribution in [3.8, 4) is 11.5 Å². The number of ether oxygens (including phenoxy) is 2. The van der Waals surface area contributed by atoms with E-state index in [4.69, 9.17) is 9.47 Å². The van der Waals surface area contributed by atoms with Gasteiger partial charge in [-0.2, -0.15) is 0 Å². The van der Waals surface area contributed by atoms with Crippen LogP contribution in [0.25, 0.3) is 6.08 Å². The summed E-state index contributed by atoms with van der Waals surface area (Å²) in [5, 5.41) is 2.24. The molecule has 1 aliphatic heterocycles. The molecule has 1 atom stereocenters. The summed E-state index contributed by atoms with van der Waals surface area (Å²) in [6.07, 6.45) is 2.51. The predicted molar refractivity (Wildman–Crippen MR) is 141 cm³/mol. The van der Waals surface area contributed by atoms with Crippen LogP contribution in [0.5, 0.6) is 11.5 Å². The maximum atomic E-state index is 12.9. The number of nitrogens with one attached hydrogen (secondary N) is 1. The van der Waals surface area contributed by atoms with Gasteiger partial charge in [0.1, 0.15) is 30.3 Å². The van der Waals surface area contributed by atoms with Crippen molar-refractivity contribution < 1.29 is 23.9 Å². The number of hydrogen-bond acceptors (Lipinski definition) is 5. The molecule has 0 bridgehead atoms. The molecule has 3 aromatic carbocycles. The first-order valence-electron chi connectivity index (χ1n) is 12.3. The van der Waals surface area contributed by atoms with Crippen LogP contribution in [0.2, 0.25) is 0 Å². The molecule has 3 aromatic rings. The number of nitrogens with zero attached hydrogens (tertiary/aromatic N) is 1. The summed E-state index contributed by atoms with van der Waals surface area (Å²) >= 11 is 0. The summed E-state index contributed by atoms with van der Waals surface area (Å²) < 4.78 is 11.7. The Balaban J connectivity index is 1.35. The lowest BCUT2D eigenvalue weighted by molar-refractivity contribution is -0.130. The first kappa shape index (κ1) is 25.7. The average molecular weight is 499 g/mol. The quantitative estimate of drug-likeness (QED) is 0.232. The fourth-order valence-corrected chi connectivity index (χ4v) is 3.98. The lowest BCUT2D eigenvalue weighted by Gasteiger charge is -2.26. The van der Waals surface area contributed by atoms with Gasteiger partial charge in [0, 0.05) is 0 Å². The molecule has 1 N–H and O–H groups in total. The molecule has 1 aliphatic rings. The third-order valence-electron chi connectivity index (χ3n) is 6.23. The number of rotatable bonds is 10. The maximum Gasteiger partial charge on any atom is 0.331 e. The van der Waals surface area contributed by atoms with Crippen LogP contribution in [-0.4, -0.2) is 36.0 Å². The summed E-state index contributed by atoms with van der Waals surface area (Å²) in [5.74, 6) is 0.585. The third kappa shape index (κ3) is 6.44. The Kier molecular flexibility index (Phi) is 8.36. The van der Waals surface area contributed by atoms with Crippen molar-refractivity contribution in [2.45, 2.75) is 32.7 Å². The number of amides is 4. The highest BCUT2D eigenvalue weighted by atomic mass is 16.5. The number of hydrogen-bond donors (Lipinski definition) is 1. The zero-order chi connectivity index (χ0) is 26.2. The van der Waals surface area contributed by atoms with Crippen molar-refractivity contribution in [1.29, 1.82) is 0 Å². The van der Waals surface area contributed by atoms with E-state index in [9.17, 15) is 14.4 Å². The van der Waals surface area contributed by atoms with Crippen LogP contribution in [-0.2, 0) is 16.1 Å². The molecule has 1 heterocycles. The Labute approximate surface area is 216 Å². The molecule has 37 heavy (non-hydrogen) atoms. The minimum absolute atomic E-state index is 0.0762. The molecule has 190 valence electrons. The molecule has 1 fully saturated rings. The first-order valence-corrected chi connectivity index (χ1v) is 12.3. The van der Waals surface area contributed by atoms with Crippen LogP contribution in [0, 0.1) is 0 Å². The van der Waals surface area contributed by atoms with Crippen LogP contribution in [0.1, 0.15) is 42.9 Å². The van der Waals surface area contributed by atoms with E-state index in [-0.39, 0.29) is 12.1 Å². The van der Waals surface area contributed by atoms with Crippen molar-refractivity contribution in [1.82, 2.24) is 10.2 Å². The minimum Gasteiger partial charge on any atom is -0.490 e. The molecular weight excluding hydrogens is 468 g/mol. The monoisotopic (exact) mass is 498 g/mol. The van der Waals surface area contributed by atoms with Crippen LogP contribution in [0.15, 0.2) is 84.4 Å². The lowest BCUT2D eigenvalue weighted by Crippen LogP contribution is -2.53. The molecule has 7 heteroatoms. The molecule has 0 spiro atoms. The number of benzene rings is 3. The van der Waals surface area contributed by atoms with E-state index in [0.717, 1.165) is 22.6 Å². The largest absolute Gasteiger partial charge is 0.490 e. The van der Waals surface area contributed by atoms with Crippen LogP contribution in [0.3, 0.4) is 0 Å². The van der Waals surface area contributed by atoms with Gasteiger partial charge in [-0.25, -0.2) is 4.79 Å². The van der Waals surface area contributed by atoms with Crippen molar-refractivity contribution in [3.63, 3.8) is 0 Å². The predicted octanol–water partition coefficient (Wildman–Crippen LogP) is 5.32. The lowest BCUT2D eigenvalue weighted by atomic mass is 9.98. The van der Waals surface area contributed by atoms with E-state index >= 15 is 0 Å². The normalized spacial score (nSPS) is 15.5. The van der Waals surface area contributed by atoms with Gasteiger partial charge in [-0.1, -0.05) is 74.5 Å². The first-order chi connectivity index (χ1) is 18.0. The second-order valence-electron chi connectivity index (χ2n) is 8.81. The summed E-state index contributed by atoms with van der Waals surface area (Å²) in [5.41, 5.74) is 2.51. The second kappa shape index (κ2) is 12.0. The van der Waals surface area contributed by atoms with E-state index in [2.05, 4.69) is 25.2 Å². The summed E-state index contributed by atoms with van der Waals surface area (Å²) in [6.45, 7) is 5.18. The number of carbonyl (C=O) groups excluding carboxylic acids is 3. The average Bonchev–Trinajstić information content (AvgIpc) is 2.92. The highest BCUT2D eigenvalue weighted by molar-refractivity contribution is 6.30. The topological polar surface area (TPSA) is 84.9 Å². The third-order valence-corrected chi connectivity index (χ3v) is 6.23. The van der Waals surface area contributed by atoms with Gasteiger partial charge >= 0.3 is 6.03 Å². The van der Waals surface area contributed by atoms with Crippen molar-refractivity contribution in [2.24, 2.45) is 0 Å². The molecule has 0 saturated carbocycles. The Hall–Kier alpha value is -4.39. The van der Waals surface area contributed by atoms with E-state index in [1.807, 2.05) is 48.5 Å². The fourth-order valence-electron chi connectivity index (χ4n) is 3.98. The number of carbonyl (C=O) groups is 3. The Morgan fingerprint density at radius 3 is 2.27 bits per heavy atom. The SMILES string of the molecule is CCC(C)c1ccccc1OCCOc1ccc(/C=C2\C(=O)NC(=O)N(Cc3ccccc3)C2=O)cc1. The summed E-state index contributed by atoms with van der Waals surface area (Å²) in [6, 6.07) is 23.5. The van der Waals surface area contributed by atoms with Gasteiger partial charge < -0.3 is 9.47 Å². The molecule has 1 saturated heterocycles. The second-order valence-corrected chi connectivity index (χ2v) is 8.81. The van der Waals surface area contributed by atoms with Crippen LogP contribution >= 0.6 is 0 Å². The molecule has 4 rings (SSSR count). The van der Waals surface area contributed by atoms with Crippen LogP contribution in [0.4, 0.5) is 4.79 Å². The molecule has 0 aromatic heterocycles. The molecule has 1 unspecified atom stereocenters. The van der Waals surface area contributed by atoms with Gasteiger partial charge in [-0.05, 0) is 53.3 Å². The van der Waals surface area contributed by atoms with Crippen molar-refractivity contribution in [2.75, 3.05) is 13.2 Å². The number of para-hydroxylation sites is 1. The molecular formula is C30H30N2O5. The maximum absolute atomic E-state index is 12.9. The van der Waals surface area contributed by atoms with E-state index in [1.165, 1.54) is 11.6 Å². The van der Waals surface area contributed by atoms with E-state index in [1.54, 1.807) is 24.3 Å². The van der Waals surface area contributed by atoms with Gasteiger partial charge in [-0.3, -0.25) is 19.8 Å². The Bertz CT molecular complexity index is 1280. The highest BCUT2D eigenvalue weighted by Gasteiger charge is 2.35. The zero-order valence-electron chi connectivity index (χ0n) is 21.0. The van der Waals surface area contributed by atoms with Crippen molar-refractivity contribution >= 4 is 23.9 Å². The molecule has 0 radical (unpaired) electrons. The van der Waals surface area contributed by atoms with E-state index < -0.39 is 17.8 Å². The zero-order valence-corrected chi connectivity index (χ0v) is 21.0. The van der Waals surface area contributed by atoms with Gasteiger partial charge in [0.05, 0.1) is 6.54 Å². The van der Waals surface area contributed by atoms with Gasteiger partial charge in [-0.15, -0.1) is 0 Å². The van der Waals surface area contributed by atoms with Crippen molar-refractivity contribution in [3.05, 3.63) is 101 Å². The fraction of sp³-hybridized carbons (Fsp3) is 0.233. The Morgan fingerprint density at radius 2 is 1.54 bits per heavy atom. The molecule has 7 nitrogen and oxygen atoms in total.